The number of anilines is 1. The summed E-state index contributed by atoms with van der Waals surface area (Å²) in [5.41, 5.74) is 8.10. The number of H-pyrrole nitrogens is 1. The Morgan fingerprint density at radius 3 is 2.61 bits per heavy atom. The third kappa shape index (κ3) is 3.85. The van der Waals surface area contributed by atoms with Crippen molar-refractivity contribution in [3.8, 4) is 5.69 Å². The Labute approximate surface area is 181 Å². The predicted octanol–water partition coefficient (Wildman–Crippen LogP) is 4.28. The number of rotatable bonds is 2. The second-order valence-corrected chi connectivity index (χ2v) is 7.03. The highest BCUT2D eigenvalue weighted by atomic mass is 35.5. The topological polar surface area (TPSA) is 102 Å². The van der Waals surface area contributed by atoms with Crippen molar-refractivity contribution in [2.24, 2.45) is 0 Å². The summed E-state index contributed by atoms with van der Waals surface area (Å²) in [6, 6.07) is 14.1. The molecule has 7 nitrogen and oxygen atoms in total. The fraction of sp³-hybridized carbons (Fsp3) is 0.0909. The summed E-state index contributed by atoms with van der Waals surface area (Å²) in [6.45, 7) is 1.98. The van der Waals surface area contributed by atoms with Crippen LogP contribution >= 0.6 is 11.6 Å². The van der Waals surface area contributed by atoms with E-state index < -0.39 is 5.82 Å². The lowest BCUT2D eigenvalue weighted by molar-refractivity contribution is 0.630. The average molecular weight is 437 g/mol. The zero-order chi connectivity index (χ0) is 22.0. The first-order chi connectivity index (χ1) is 15.0. The smallest absolute Gasteiger partial charge is 0.264 e. The summed E-state index contributed by atoms with van der Waals surface area (Å²) in [6.07, 6.45) is 3.61. The van der Waals surface area contributed by atoms with Crippen LogP contribution in [0.4, 0.5) is 10.2 Å². The molecule has 0 saturated carbocycles. The zero-order valence-electron chi connectivity index (χ0n) is 16.5. The number of aromatic nitrogens is 5. The molecule has 0 amide bonds. The molecule has 0 saturated heterocycles. The van der Waals surface area contributed by atoms with Gasteiger partial charge in [-0.05, 0) is 36.1 Å². The summed E-state index contributed by atoms with van der Waals surface area (Å²) >= 11 is 6.00. The lowest BCUT2D eigenvalue weighted by Gasteiger charge is -2.14. The van der Waals surface area contributed by atoms with E-state index in [2.05, 4.69) is 19.9 Å². The van der Waals surface area contributed by atoms with Crippen molar-refractivity contribution >= 4 is 39.4 Å². The van der Waals surface area contributed by atoms with Crippen LogP contribution in [0.25, 0.3) is 27.6 Å². The van der Waals surface area contributed by atoms with Gasteiger partial charge in [-0.25, -0.2) is 19.3 Å². The molecule has 0 aliphatic rings. The molecule has 0 aliphatic carbocycles. The van der Waals surface area contributed by atoms with Gasteiger partial charge < -0.3 is 10.7 Å². The monoisotopic (exact) mass is 436 g/mol. The van der Waals surface area contributed by atoms with E-state index in [1.165, 1.54) is 18.7 Å². The number of hydrogen-bond acceptors (Lipinski definition) is 5. The van der Waals surface area contributed by atoms with E-state index in [-0.39, 0.29) is 16.0 Å². The maximum Gasteiger partial charge on any atom is 0.264 e. The van der Waals surface area contributed by atoms with E-state index in [1.807, 2.05) is 43.3 Å². The van der Waals surface area contributed by atoms with Crippen molar-refractivity contribution < 1.29 is 4.39 Å². The first kappa shape index (κ1) is 20.5. The second kappa shape index (κ2) is 8.53. The van der Waals surface area contributed by atoms with Gasteiger partial charge in [-0.1, -0.05) is 42.8 Å². The van der Waals surface area contributed by atoms with Gasteiger partial charge in [-0.2, -0.15) is 0 Å². The van der Waals surface area contributed by atoms with Crippen molar-refractivity contribution in [3.63, 3.8) is 0 Å². The van der Waals surface area contributed by atoms with Crippen LogP contribution in [0.15, 0.2) is 66.0 Å². The maximum absolute atomic E-state index is 13.7. The third-order valence-electron chi connectivity index (χ3n) is 4.78. The Hall–Kier alpha value is -3.78. The van der Waals surface area contributed by atoms with E-state index in [0.29, 0.717) is 28.8 Å². The summed E-state index contributed by atoms with van der Waals surface area (Å²) < 4.78 is 15.3. The summed E-state index contributed by atoms with van der Waals surface area (Å²) in [4.78, 5) is 27.2. The molecule has 5 rings (SSSR count). The van der Waals surface area contributed by atoms with Crippen LogP contribution in [0.2, 0.25) is 5.02 Å². The van der Waals surface area contributed by atoms with Crippen molar-refractivity contribution in [3.05, 3.63) is 88.1 Å². The Balaban J connectivity index is 0.000000192. The highest BCUT2D eigenvalue weighted by Crippen LogP contribution is 2.25. The average Bonchev–Trinajstić information content (AvgIpc) is 3.27. The lowest BCUT2D eigenvalue weighted by Crippen LogP contribution is -2.22. The molecule has 0 aliphatic heterocycles. The van der Waals surface area contributed by atoms with Crippen LogP contribution in [0.1, 0.15) is 12.6 Å². The van der Waals surface area contributed by atoms with E-state index in [0.717, 1.165) is 11.4 Å². The number of para-hydroxylation sites is 1. The lowest BCUT2D eigenvalue weighted by atomic mass is 10.1. The van der Waals surface area contributed by atoms with Gasteiger partial charge in [0, 0.05) is 11.4 Å². The van der Waals surface area contributed by atoms with Crippen LogP contribution in [0.5, 0.6) is 0 Å². The minimum absolute atomic E-state index is 0.121. The molecule has 0 radical (unpaired) electrons. The molecule has 0 bridgehead atoms. The van der Waals surface area contributed by atoms with Gasteiger partial charge in [0.05, 0.1) is 16.7 Å². The minimum atomic E-state index is -0.579. The number of nitrogens with zero attached hydrogens (tertiary/aromatic N) is 4. The van der Waals surface area contributed by atoms with Crippen LogP contribution in [-0.2, 0) is 6.42 Å². The number of pyridine rings is 1. The van der Waals surface area contributed by atoms with Crippen LogP contribution in [0.3, 0.4) is 0 Å². The van der Waals surface area contributed by atoms with Gasteiger partial charge in [0.25, 0.3) is 5.56 Å². The van der Waals surface area contributed by atoms with Gasteiger partial charge in [0.1, 0.15) is 17.7 Å². The number of imidazole rings is 1. The van der Waals surface area contributed by atoms with Crippen LogP contribution in [0, 0.1) is 5.82 Å². The van der Waals surface area contributed by atoms with Crippen LogP contribution in [-0.4, -0.2) is 24.5 Å². The molecule has 0 unspecified atom stereocenters. The number of aromatic amines is 1. The predicted molar refractivity (Wildman–Crippen MR) is 120 cm³/mol. The van der Waals surface area contributed by atoms with Gasteiger partial charge in [0.15, 0.2) is 11.5 Å². The first-order valence-corrected chi connectivity index (χ1v) is 9.86. The SMILES string of the molecule is CCc1cc2ccc(F)c(Cl)c2c(=O)n1-c1ccccc1.Nc1ncnc2nc[nH]c12. The molecule has 3 N–H and O–H groups in total. The third-order valence-corrected chi connectivity index (χ3v) is 5.15. The molecular weight excluding hydrogens is 419 g/mol. The van der Waals surface area contributed by atoms with E-state index in [4.69, 9.17) is 17.3 Å². The highest BCUT2D eigenvalue weighted by Gasteiger charge is 2.14. The fourth-order valence-electron chi connectivity index (χ4n) is 3.29. The number of halogens is 2. The van der Waals surface area contributed by atoms with Crippen molar-refractivity contribution in [2.45, 2.75) is 13.3 Å². The Morgan fingerprint density at radius 1 is 1.13 bits per heavy atom. The number of hydrogen-bond donors (Lipinski definition) is 2. The summed E-state index contributed by atoms with van der Waals surface area (Å²) in [7, 11) is 0. The molecule has 156 valence electrons. The van der Waals surface area contributed by atoms with Crippen molar-refractivity contribution in [1.82, 2.24) is 24.5 Å². The zero-order valence-corrected chi connectivity index (χ0v) is 17.3. The number of nitrogens with two attached hydrogens (primary N) is 1. The summed E-state index contributed by atoms with van der Waals surface area (Å²) in [5, 5.41) is 0.762. The molecule has 0 fully saturated rings. The van der Waals surface area contributed by atoms with Gasteiger partial charge in [-0.15, -0.1) is 0 Å². The highest BCUT2D eigenvalue weighted by molar-refractivity contribution is 6.35. The van der Waals surface area contributed by atoms with E-state index in [1.54, 1.807) is 10.6 Å². The molecular formula is C22H18ClFN6O. The molecule has 31 heavy (non-hydrogen) atoms. The van der Waals surface area contributed by atoms with Crippen LogP contribution < -0.4 is 11.3 Å². The van der Waals surface area contributed by atoms with E-state index >= 15 is 0 Å². The molecule has 3 aromatic heterocycles. The Morgan fingerprint density at radius 2 is 1.90 bits per heavy atom. The molecule has 5 aromatic rings. The molecule has 9 heteroatoms. The summed E-state index contributed by atoms with van der Waals surface area (Å²) in [5.74, 6) is -0.146. The van der Waals surface area contributed by atoms with Gasteiger partial charge >= 0.3 is 0 Å². The fourth-order valence-corrected chi connectivity index (χ4v) is 3.55. The molecule has 0 atom stereocenters. The normalized spacial score (nSPS) is 10.8. The van der Waals surface area contributed by atoms with E-state index in [9.17, 15) is 9.18 Å². The second-order valence-electron chi connectivity index (χ2n) is 6.65. The standard InChI is InChI=1S/C17H13ClFNO.C5H5N5/c1-2-12-10-11-8-9-14(19)16(18)15(11)17(21)20(12)13-6-4-3-5-7-13;6-4-3-5(9-1-7-3)10-2-8-4/h3-10H,2H2,1H3;1-2H,(H3,6,7,8,9,10). The quantitative estimate of drug-likeness (QED) is 0.430. The first-order valence-electron chi connectivity index (χ1n) is 9.49. The number of nitrogen functional groups attached to an aromatic ring is 1. The number of aryl methyl sites for hydroxylation is 1. The molecule has 2 aromatic carbocycles. The number of fused-ring (bicyclic) bond motifs is 2. The molecule has 3 heterocycles. The Kier molecular flexibility index (Phi) is 5.64. The number of benzene rings is 2. The van der Waals surface area contributed by atoms with Crippen molar-refractivity contribution in [1.29, 1.82) is 0 Å². The minimum Gasteiger partial charge on any atom is -0.382 e. The van der Waals surface area contributed by atoms with Gasteiger partial charge in [0.2, 0.25) is 0 Å². The van der Waals surface area contributed by atoms with Gasteiger partial charge in [-0.3, -0.25) is 9.36 Å². The van der Waals surface area contributed by atoms with Crippen molar-refractivity contribution in [2.75, 3.05) is 5.73 Å². The Bertz CT molecular complexity index is 1430. The number of nitrogens with one attached hydrogen (secondary N) is 1. The largest absolute Gasteiger partial charge is 0.382 e. The maximum atomic E-state index is 13.7. The molecule has 0 spiro atoms.